The van der Waals surface area contributed by atoms with E-state index < -0.39 is 12.1 Å². The lowest BCUT2D eigenvalue weighted by molar-refractivity contribution is -0.123. The van der Waals surface area contributed by atoms with E-state index in [4.69, 9.17) is 5.73 Å². The minimum atomic E-state index is -0.692. The van der Waals surface area contributed by atoms with Crippen LogP contribution >= 0.6 is 0 Å². The third kappa shape index (κ3) is 5.85. The second-order valence-corrected chi connectivity index (χ2v) is 6.05. The third-order valence-electron chi connectivity index (χ3n) is 2.80. The van der Waals surface area contributed by atoms with Gasteiger partial charge in [-0.05, 0) is 17.4 Å². The van der Waals surface area contributed by atoms with Gasteiger partial charge in [-0.25, -0.2) is 0 Å². The van der Waals surface area contributed by atoms with Crippen LogP contribution < -0.4 is 11.1 Å². The van der Waals surface area contributed by atoms with Gasteiger partial charge in [0.15, 0.2) is 0 Å². The summed E-state index contributed by atoms with van der Waals surface area (Å²) in [7, 11) is 0. The summed E-state index contributed by atoms with van der Waals surface area (Å²) < 4.78 is 0. The molecule has 0 aliphatic heterocycles. The maximum Gasteiger partial charge on any atom is 0.241 e. The molecule has 0 fully saturated rings. The molecule has 1 amide bonds. The number of hydrogen-bond acceptors (Lipinski definition) is 3. The topological polar surface area (TPSA) is 75.3 Å². The van der Waals surface area contributed by atoms with Gasteiger partial charge in [-0.2, -0.15) is 0 Å². The average molecular weight is 264 g/mol. The van der Waals surface area contributed by atoms with E-state index in [0.29, 0.717) is 6.42 Å². The third-order valence-corrected chi connectivity index (χ3v) is 2.80. The molecular weight excluding hydrogens is 240 g/mol. The van der Waals surface area contributed by atoms with Crippen LogP contribution in [0.1, 0.15) is 38.8 Å². The number of rotatable bonds is 5. The van der Waals surface area contributed by atoms with Crippen LogP contribution in [0.15, 0.2) is 30.3 Å². The zero-order valence-corrected chi connectivity index (χ0v) is 11.9. The maximum atomic E-state index is 11.9. The molecule has 4 nitrogen and oxygen atoms in total. The Morgan fingerprint density at radius 1 is 1.32 bits per heavy atom. The summed E-state index contributed by atoms with van der Waals surface area (Å²) in [6.45, 7) is 6.38. The summed E-state index contributed by atoms with van der Waals surface area (Å²) in [6, 6.07) is 8.50. The Labute approximate surface area is 115 Å². The second-order valence-electron chi connectivity index (χ2n) is 6.05. The first-order valence-corrected chi connectivity index (χ1v) is 6.56. The van der Waals surface area contributed by atoms with Gasteiger partial charge in [0.1, 0.15) is 6.04 Å². The zero-order valence-electron chi connectivity index (χ0n) is 11.9. The molecule has 4 heteroatoms. The monoisotopic (exact) mass is 264 g/mol. The van der Waals surface area contributed by atoms with E-state index in [-0.39, 0.29) is 17.9 Å². The van der Waals surface area contributed by atoms with Gasteiger partial charge in [-0.15, -0.1) is 0 Å². The van der Waals surface area contributed by atoms with Crippen molar-refractivity contribution in [2.45, 2.75) is 39.3 Å². The van der Waals surface area contributed by atoms with E-state index in [0.717, 1.165) is 5.56 Å². The summed E-state index contributed by atoms with van der Waals surface area (Å²) in [6.07, 6.45) is 0.0836. The first kappa shape index (κ1) is 15.7. The first-order chi connectivity index (χ1) is 8.79. The van der Waals surface area contributed by atoms with Gasteiger partial charge in [0.25, 0.3) is 0 Å². The fraction of sp³-hybridized carbons (Fsp3) is 0.533. The Balaban J connectivity index is 2.43. The molecule has 106 valence electrons. The van der Waals surface area contributed by atoms with Crippen molar-refractivity contribution in [2.75, 3.05) is 6.54 Å². The minimum Gasteiger partial charge on any atom is -0.391 e. The highest BCUT2D eigenvalue weighted by atomic mass is 16.3. The summed E-state index contributed by atoms with van der Waals surface area (Å²) in [5.41, 5.74) is 6.66. The van der Waals surface area contributed by atoms with E-state index >= 15 is 0 Å². The first-order valence-electron chi connectivity index (χ1n) is 6.56. The molecule has 0 aromatic heterocycles. The molecule has 4 N–H and O–H groups in total. The molecule has 0 saturated carbocycles. The van der Waals surface area contributed by atoms with Crippen LogP contribution in [0.2, 0.25) is 0 Å². The van der Waals surface area contributed by atoms with Crippen molar-refractivity contribution in [1.82, 2.24) is 5.32 Å². The number of benzene rings is 1. The lowest BCUT2D eigenvalue weighted by Crippen LogP contribution is -2.39. The van der Waals surface area contributed by atoms with Crippen molar-refractivity contribution in [3.63, 3.8) is 0 Å². The standard InChI is InChI=1S/C15H24N2O2/c1-15(2,3)9-12(18)10-17-14(19)13(16)11-7-5-4-6-8-11/h4-8,12-13,18H,9-10,16H2,1-3H3,(H,17,19)/t12?,13-/m1/s1. The normalized spacial score (nSPS) is 14.8. The number of nitrogens with one attached hydrogen (secondary N) is 1. The molecule has 0 bridgehead atoms. The smallest absolute Gasteiger partial charge is 0.241 e. The zero-order chi connectivity index (χ0) is 14.5. The molecule has 1 rings (SSSR count). The molecule has 19 heavy (non-hydrogen) atoms. The van der Waals surface area contributed by atoms with Crippen molar-refractivity contribution in [2.24, 2.45) is 11.1 Å². The van der Waals surface area contributed by atoms with E-state index in [1.807, 2.05) is 51.1 Å². The van der Waals surface area contributed by atoms with Gasteiger partial charge in [-0.3, -0.25) is 4.79 Å². The van der Waals surface area contributed by atoms with Crippen molar-refractivity contribution in [3.8, 4) is 0 Å². The molecular formula is C15H24N2O2. The lowest BCUT2D eigenvalue weighted by Gasteiger charge is -2.23. The molecule has 0 aliphatic carbocycles. The molecule has 0 heterocycles. The molecule has 0 spiro atoms. The van der Waals surface area contributed by atoms with Gasteiger partial charge >= 0.3 is 0 Å². The molecule has 2 atom stereocenters. The van der Waals surface area contributed by atoms with Crippen LogP contribution in [0.3, 0.4) is 0 Å². The number of aliphatic hydroxyl groups is 1. The van der Waals surface area contributed by atoms with Crippen LogP contribution in [-0.2, 0) is 4.79 Å². The van der Waals surface area contributed by atoms with Crippen molar-refractivity contribution in [3.05, 3.63) is 35.9 Å². The molecule has 1 unspecified atom stereocenters. The number of nitrogens with two attached hydrogens (primary N) is 1. The molecule has 0 aliphatic rings. The Morgan fingerprint density at radius 3 is 2.42 bits per heavy atom. The Hall–Kier alpha value is -1.39. The van der Waals surface area contributed by atoms with Gasteiger partial charge < -0.3 is 16.2 Å². The van der Waals surface area contributed by atoms with Crippen LogP contribution in [0, 0.1) is 5.41 Å². The Bertz CT molecular complexity index is 398. The summed E-state index contributed by atoms with van der Waals surface area (Å²) in [5.74, 6) is -0.265. The highest BCUT2D eigenvalue weighted by Crippen LogP contribution is 2.20. The van der Waals surface area contributed by atoms with Crippen molar-refractivity contribution >= 4 is 5.91 Å². The minimum absolute atomic E-state index is 0.0334. The van der Waals surface area contributed by atoms with Crippen LogP contribution in [0.5, 0.6) is 0 Å². The van der Waals surface area contributed by atoms with E-state index in [9.17, 15) is 9.90 Å². The number of carbonyl (C=O) groups is 1. The Kier molecular flexibility index (Phi) is 5.51. The maximum absolute atomic E-state index is 11.9. The van der Waals surface area contributed by atoms with Gasteiger partial charge in [0.05, 0.1) is 6.10 Å². The van der Waals surface area contributed by atoms with Crippen LogP contribution in [-0.4, -0.2) is 23.7 Å². The van der Waals surface area contributed by atoms with Gasteiger partial charge in [-0.1, -0.05) is 51.1 Å². The molecule has 1 aromatic rings. The van der Waals surface area contributed by atoms with Gasteiger partial charge in [0.2, 0.25) is 5.91 Å². The fourth-order valence-corrected chi connectivity index (χ4v) is 1.92. The molecule has 0 radical (unpaired) electrons. The predicted octanol–water partition coefficient (Wildman–Crippen LogP) is 1.60. The van der Waals surface area contributed by atoms with Crippen molar-refractivity contribution in [1.29, 1.82) is 0 Å². The SMILES string of the molecule is CC(C)(C)CC(O)CNC(=O)[C@H](N)c1ccccc1. The Morgan fingerprint density at radius 2 is 1.89 bits per heavy atom. The second kappa shape index (κ2) is 6.68. The fourth-order valence-electron chi connectivity index (χ4n) is 1.92. The molecule has 0 saturated heterocycles. The van der Waals surface area contributed by atoms with Gasteiger partial charge in [0, 0.05) is 6.54 Å². The highest BCUT2D eigenvalue weighted by Gasteiger charge is 2.19. The average Bonchev–Trinajstić information content (AvgIpc) is 2.34. The summed E-state index contributed by atoms with van der Waals surface area (Å²) in [5, 5.41) is 12.5. The quantitative estimate of drug-likeness (QED) is 0.756. The summed E-state index contributed by atoms with van der Waals surface area (Å²) >= 11 is 0. The summed E-state index contributed by atoms with van der Waals surface area (Å²) in [4.78, 5) is 11.9. The predicted molar refractivity (Wildman–Crippen MR) is 76.5 cm³/mol. The van der Waals surface area contributed by atoms with Crippen LogP contribution in [0.4, 0.5) is 0 Å². The number of carbonyl (C=O) groups excluding carboxylic acids is 1. The number of hydrogen-bond donors (Lipinski definition) is 3. The van der Waals surface area contributed by atoms with E-state index in [1.165, 1.54) is 0 Å². The lowest BCUT2D eigenvalue weighted by atomic mass is 9.89. The van der Waals surface area contributed by atoms with E-state index in [2.05, 4.69) is 5.32 Å². The van der Waals surface area contributed by atoms with Crippen molar-refractivity contribution < 1.29 is 9.90 Å². The number of aliphatic hydroxyl groups excluding tert-OH is 1. The largest absolute Gasteiger partial charge is 0.391 e. The van der Waals surface area contributed by atoms with E-state index in [1.54, 1.807) is 0 Å². The van der Waals surface area contributed by atoms with Crippen LogP contribution in [0.25, 0.3) is 0 Å². The molecule has 1 aromatic carbocycles. The number of amides is 1. The highest BCUT2D eigenvalue weighted by molar-refractivity contribution is 5.82.